The highest BCUT2D eigenvalue weighted by atomic mass is 79.9. The van der Waals surface area contributed by atoms with Crippen molar-refractivity contribution in [2.45, 2.75) is 12.8 Å². The average molecular weight is 428 g/mol. The van der Waals surface area contributed by atoms with Gasteiger partial charge in [-0.25, -0.2) is 0 Å². The van der Waals surface area contributed by atoms with Crippen molar-refractivity contribution in [3.8, 4) is 0 Å². The summed E-state index contributed by atoms with van der Waals surface area (Å²) in [5.74, 6) is 0.167. The predicted molar refractivity (Wildman–Crippen MR) is 114 cm³/mol. The van der Waals surface area contributed by atoms with Crippen LogP contribution in [0.25, 0.3) is 0 Å². The summed E-state index contributed by atoms with van der Waals surface area (Å²) >= 11 is 3.50. The van der Waals surface area contributed by atoms with Crippen LogP contribution in [0.3, 0.4) is 0 Å². The molecule has 1 saturated heterocycles. The lowest BCUT2D eigenvalue weighted by Crippen LogP contribution is -2.45. The summed E-state index contributed by atoms with van der Waals surface area (Å²) in [4.78, 5) is 19.7. The molecule has 0 radical (unpaired) electrons. The molecule has 0 spiro atoms. The monoisotopic (exact) mass is 427 g/mol. The van der Waals surface area contributed by atoms with E-state index >= 15 is 0 Å². The molecule has 142 valence electrons. The lowest BCUT2D eigenvalue weighted by atomic mass is 9.98. The molecule has 1 fully saturated rings. The highest BCUT2D eigenvalue weighted by Gasteiger charge is 2.24. The van der Waals surface area contributed by atoms with Crippen LogP contribution >= 0.6 is 15.9 Å². The van der Waals surface area contributed by atoms with Gasteiger partial charge in [0.15, 0.2) is 0 Å². The van der Waals surface area contributed by atoms with E-state index in [9.17, 15) is 4.79 Å². The quantitative estimate of drug-likeness (QED) is 0.747. The number of benzene rings is 2. The molecule has 5 heteroatoms. The fourth-order valence-electron chi connectivity index (χ4n) is 4.05. The van der Waals surface area contributed by atoms with Gasteiger partial charge in [-0.15, -0.1) is 0 Å². The Kier molecular flexibility index (Phi) is 5.50. The van der Waals surface area contributed by atoms with Crippen LogP contribution in [0, 0.1) is 0 Å². The molecule has 0 aromatic heterocycles. The molecule has 0 atom stereocenters. The number of carbonyl (C=O) groups excluding carboxylic acids is 1. The molecule has 27 heavy (non-hydrogen) atoms. The van der Waals surface area contributed by atoms with Crippen molar-refractivity contribution in [3.05, 3.63) is 63.6 Å². The largest absolute Gasteiger partial charge is 0.369 e. The van der Waals surface area contributed by atoms with Crippen LogP contribution in [-0.4, -0.2) is 62.0 Å². The third-order valence-electron chi connectivity index (χ3n) is 5.72. The maximum Gasteiger partial charge on any atom is 0.254 e. The molecule has 0 saturated carbocycles. The second-order valence-corrected chi connectivity index (χ2v) is 8.43. The van der Waals surface area contributed by atoms with E-state index in [2.05, 4.69) is 63.1 Å². The van der Waals surface area contributed by atoms with Gasteiger partial charge in [0.25, 0.3) is 5.91 Å². The number of para-hydroxylation sites is 1. The fourth-order valence-corrected chi connectivity index (χ4v) is 4.46. The third kappa shape index (κ3) is 4.04. The van der Waals surface area contributed by atoms with Crippen molar-refractivity contribution in [2.75, 3.05) is 51.2 Å². The highest BCUT2D eigenvalue weighted by Crippen LogP contribution is 2.25. The van der Waals surface area contributed by atoms with Crippen molar-refractivity contribution in [1.29, 1.82) is 0 Å². The van der Waals surface area contributed by atoms with E-state index in [1.54, 1.807) is 0 Å². The van der Waals surface area contributed by atoms with Crippen LogP contribution in [0.15, 0.2) is 46.9 Å². The maximum atomic E-state index is 12.9. The number of hydrogen-bond acceptors (Lipinski definition) is 3. The highest BCUT2D eigenvalue weighted by molar-refractivity contribution is 9.10. The van der Waals surface area contributed by atoms with Gasteiger partial charge in [0.2, 0.25) is 0 Å². The van der Waals surface area contributed by atoms with E-state index in [0.29, 0.717) is 0 Å². The molecule has 2 aromatic rings. The van der Waals surface area contributed by atoms with Gasteiger partial charge in [-0.1, -0.05) is 34.1 Å². The Morgan fingerprint density at radius 3 is 2.59 bits per heavy atom. The summed E-state index contributed by atoms with van der Waals surface area (Å²) in [6.07, 6.45) is 1.83. The Balaban J connectivity index is 1.45. The lowest BCUT2D eigenvalue weighted by molar-refractivity contribution is 0.0741. The van der Waals surface area contributed by atoms with Crippen molar-refractivity contribution >= 4 is 27.5 Å². The summed E-state index contributed by atoms with van der Waals surface area (Å²) in [6.45, 7) is 5.92. The first-order chi connectivity index (χ1) is 13.1. The van der Waals surface area contributed by atoms with E-state index in [4.69, 9.17) is 0 Å². The van der Waals surface area contributed by atoms with Crippen LogP contribution in [0.1, 0.15) is 21.5 Å². The Morgan fingerprint density at radius 2 is 1.78 bits per heavy atom. The molecular formula is C22H26BrN3O. The number of nitrogens with zero attached hydrogens (tertiary/aromatic N) is 3. The molecule has 2 aliphatic heterocycles. The van der Waals surface area contributed by atoms with E-state index in [1.165, 1.54) is 11.3 Å². The van der Waals surface area contributed by atoms with Gasteiger partial charge in [0.05, 0.1) is 0 Å². The molecule has 4 rings (SSSR count). The minimum atomic E-state index is 0.167. The van der Waals surface area contributed by atoms with Crippen LogP contribution in [0.4, 0.5) is 5.69 Å². The number of hydrogen-bond donors (Lipinski definition) is 0. The van der Waals surface area contributed by atoms with Crippen LogP contribution in [0.5, 0.6) is 0 Å². The molecule has 2 heterocycles. The Labute approximate surface area is 169 Å². The van der Waals surface area contributed by atoms with Gasteiger partial charge in [-0.2, -0.15) is 0 Å². The van der Waals surface area contributed by atoms with Gasteiger partial charge >= 0.3 is 0 Å². The molecule has 4 nitrogen and oxygen atoms in total. The lowest BCUT2D eigenvalue weighted by Gasteiger charge is -2.35. The number of piperazine rings is 1. The van der Waals surface area contributed by atoms with E-state index in [-0.39, 0.29) is 5.91 Å². The zero-order valence-corrected chi connectivity index (χ0v) is 17.4. The van der Waals surface area contributed by atoms with Crippen molar-refractivity contribution in [2.24, 2.45) is 0 Å². The number of fused-ring (bicyclic) bond motifs is 1. The summed E-state index contributed by atoms with van der Waals surface area (Å²) < 4.78 is 1.05. The van der Waals surface area contributed by atoms with Crippen molar-refractivity contribution in [3.63, 3.8) is 0 Å². The first-order valence-corrected chi connectivity index (χ1v) is 10.5. The van der Waals surface area contributed by atoms with Crippen LogP contribution in [-0.2, 0) is 12.8 Å². The van der Waals surface area contributed by atoms with Crippen molar-refractivity contribution < 1.29 is 4.79 Å². The number of amides is 1. The van der Waals surface area contributed by atoms with Gasteiger partial charge < -0.3 is 14.7 Å². The Morgan fingerprint density at radius 1 is 1.00 bits per heavy atom. The summed E-state index contributed by atoms with van der Waals surface area (Å²) in [7, 11) is 2.18. The molecule has 0 bridgehead atoms. The summed E-state index contributed by atoms with van der Waals surface area (Å²) in [6, 6.07) is 14.7. The summed E-state index contributed by atoms with van der Waals surface area (Å²) in [5, 5.41) is 0. The first-order valence-electron chi connectivity index (χ1n) is 9.71. The number of rotatable bonds is 4. The minimum Gasteiger partial charge on any atom is -0.369 e. The minimum absolute atomic E-state index is 0.167. The average Bonchev–Trinajstić information content (AvgIpc) is 2.68. The van der Waals surface area contributed by atoms with Gasteiger partial charge in [-0.3, -0.25) is 4.79 Å². The number of anilines is 1. The van der Waals surface area contributed by atoms with E-state index in [0.717, 1.165) is 67.7 Å². The topological polar surface area (TPSA) is 26.8 Å². The van der Waals surface area contributed by atoms with E-state index < -0.39 is 0 Å². The first kappa shape index (κ1) is 18.5. The normalized spacial score (nSPS) is 17.9. The molecule has 2 aromatic carbocycles. The van der Waals surface area contributed by atoms with Gasteiger partial charge in [0.1, 0.15) is 0 Å². The fraction of sp³-hybridized carbons (Fsp3) is 0.409. The number of halogens is 1. The van der Waals surface area contributed by atoms with Crippen LogP contribution in [0.2, 0.25) is 0 Å². The van der Waals surface area contributed by atoms with Crippen molar-refractivity contribution in [1.82, 2.24) is 9.80 Å². The second kappa shape index (κ2) is 8.03. The molecule has 0 unspecified atom stereocenters. The molecular weight excluding hydrogens is 402 g/mol. The predicted octanol–water partition coefficient (Wildman–Crippen LogP) is 3.44. The Bertz CT molecular complexity index is 830. The smallest absolute Gasteiger partial charge is 0.254 e. The molecule has 0 N–H and O–H groups in total. The second-order valence-electron chi connectivity index (χ2n) is 7.51. The van der Waals surface area contributed by atoms with Gasteiger partial charge in [-0.05, 0) is 55.3 Å². The Hall–Kier alpha value is -1.85. The SMILES string of the molecule is CN1CCN(c2ccccc2CCN2CCc3cc(Br)ccc3C2=O)CC1. The summed E-state index contributed by atoms with van der Waals surface area (Å²) in [5.41, 5.74) is 4.69. The maximum absolute atomic E-state index is 12.9. The molecule has 1 amide bonds. The number of carbonyl (C=O) groups is 1. The van der Waals surface area contributed by atoms with Crippen LogP contribution < -0.4 is 4.90 Å². The zero-order valence-electron chi connectivity index (χ0n) is 15.8. The molecule has 0 aliphatic carbocycles. The number of likely N-dealkylation sites (N-methyl/N-ethyl adjacent to an activating group) is 1. The standard InChI is InChI=1S/C22H26BrN3O/c1-24-12-14-25(15-13-24)21-5-3-2-4-17(21)8-10-26-11-9-18-16-19(23)6-7-20(18)22(26)27/h2-7,16H,8-15H2,1H3. The van der Waals surface area contributed by atoms with Gasteiger partial charge in [0, 0.05) is 55.0 Å². The van der Waals surface area contributed by atoms with E-state index in [1.807, 2.05) is 17.0 Å². The zero-order chi connectivity index (χ0) is 18.8. The molecule has 2 aliphatic rings. The third-order valence-corrected chi connectivity index (χ3v) is 6.22.